The smallest absolute Gasteiger partial charge is 0.227 e. The minimum atomic E-state index is -0.180. The monoisotopic (exact) mass is 424 g/mol. The normalized spacial score (nSPS) is 29.1. The molecule has 5 rings (SSSR count). The van der Waals surface area contributed by atoms with Crippen LogP contribution in [0.2, 0.25) is 0 Å². The van der Waals surface area contributed by atoms with E-state index in [1.807, 2.05) is 43.8 Å². The molecule has 2 aromatic rings. The van der Waals surface area contributed by atoms with E-state index in [2.05, 4.69) is 25.1 Å². The first-order valence-corrected chi connectivity index (χ1v) is 11.4. The molecule has 3 aliphatic rings. The summed E-state index contributed by atoms with van der Waals surface area (Å²) < 4.78 is 5.87. The number of piperidine rings is 1. The van der Waals surface area contributed by atoms with Gasteiger partial charge in [0.15, 0.2) is 0 Å². The van der Waals surface area contributed by atoms with Crippen molar-refractivity contribution in [1.29, 1.82) is 0 Å². The lowest BCUT2D eigenvalue weighted by Crippen LogP contribution is -2.44. The largest absolute Gasteiger partial charge is 0.393 e. The first-order chi connectivity index (χ1) is 15.2. The number of hydrogen-bond donors (Lipinski definition) is 2. The fourth-order valence-electron chi connectivity index (χ4n) is 5.39. The van der Waals surface area contributed by atoms with E-state index in [1.165, 1.54) is 0 Å². The molecule has 2 saturated heterocycles. The summed E-state index contributed by atoms with van der Waals surface area (Å²) in [6.45, 7) is 3.64. The van der Waals surface area contributed by atoms with E-state index in [0.29, 0.717) is 11.8 Å². The van der Waals surface area contributed by atoms with Crippen LogP contribution in [0.4, 0.5) is 17.6 Å². The van der Waals surface area contributed by atoms with Crippen molar-refractivity contribution in [2.75, 3.05) is 48.4 Å². The number of rotatable bonds is 5. The second kappa shape index (κ2) is 8.96. The highest BCUT2D eigenvalue weighted by Crippen LogP contribution is 2.39. The maximum absolute atomic E-state index is 9.79. The Bertz CT molecular complexity index is 860. The van der Waals surface area contributed by atoms with Gasteiger partial charge in [-0.05, 0) is 55.7 Å². The fraction of sp³-hybridized carbons (Fsp3) is 0.609. The van der Waals surface area contributed by atoms with Crippen LogP contribution in [0.15, 0.2) is 36.7 Å². The average molecular weight is 425 g/mol. The summed E-state index contributed by atoms with van der Waals surface area (Å²) in [5.41, 5.74) is 0. The average Bonchev–Trinajstić information content (AvgIpc) is 3.23. The number of nitrogens with zero attached hydrogens (tertiary/aromatic N) is 5. The van der Waals surface area contributed by atoms with E-state index in [0.717, 1.165) is 69.4 Å². The zero-order chi connectivity index (χ0) is 21.2. The number of aliphatic hydroxyl groups excluding tert-OH is 1. The highest BCUT2D eigenvalue weighted by Gasteiger charge is 2.43. The highest BCUT2D eigenvalue weighted by molar-refractivity contribution is 5.45. The quantitative estimate of drug-likeness (QED) is 0.755. The van der Waals surface area contributed by atoms with Gasteiger partial charge in [-0.3, -0.25) is 0 Å². The van der Waals surface area contributed by atoms with Crippen molar-refractivity contribution in [2.45, 2.75) is 43.9 Å². The van der Waals surface area contributed by atoms with Crippen LogP contribution in [-0.4, -0.2) is 71.6 Å². The molecular formula is C23H32N6O2. The Morgan fingerprint density at radius 2 is 1.81 bits per heavy atom. The summed E-state index contributed by atoms with van der Waals surface area (Å²) in [6.07, 6.45) is 7.38. The van der Waals surface area contributed by atoms with Crippen LogP contribution in [0.1, 0.15) is 25.7 Å². The number of methoxy groups -OCH3 is 1. The van der Waals surface area contributed by atoms with Crippen molar-refractivity contribution in [3.05, 3.63) is 36.7 Å². The molecule has 1 saturated carbocycles. The van der Waals surface area contributed by atoms with Crippen LogP contribution in [0.25, 0.3) is 0 Å². The number of anilines is 3. The second-order valence-electron chi connectivity index (χ2n) is 9.07. The molecule has 8 nitrogen and oxygen atoms in total. The predicted octanol–water partition coefficient (Wildman–Crippen LogP) is 2.17. The molecular weight excluding hydrogens is 392 g/mol. The van der Waals surface area contributed by atoms with Crippen LogP contribution in [0, 0.1) is 11.8 Å². The van der Waals surface area contributed by atoms with Gasteiger partial charge in [-0.1, -0.05) is 6.07 Å². The number of nitrogens with one attached hydrogen (secondary N) is 1. The van der Waals surface area contributed by atoms with Gasteiger partial charge in [-0.2, -0.15) is 4.98 Å². The summed E-state index contributed by atoms with van der Waals surface area (Å²) >= 11 is 0. The van der Waals surface area contributed by atoms with Gasteiger partial charge in [0.25, 0.3) is 0 Å². The fourth-order valence-corrected chi connectivity index (χ4v) is 5.39. The zero-order valence-electron chi connectivity index (χ0n) is 18.1. The van der Waals surface area contributed by atoms with Crippen LogP contribution >= 0.6 is 0 Å². The maximum Gasteiger partial charge on any atom is 0.227 e. The summed E-state index contributed by atoms with van der Waals surface area (Å²) in [5, 5.41) is 13.4. The molecule has 2 aromatic heterocycles. The third-order valence-corrected chi connectivity index (χ3v) is 7.12. The number of aliphatic hydroxyl groups is 1. The van der Waals surface area contributed by atoms with Gasteiger partial charge in [0.05, 0.1) is 18.2 Å². The molecule has 0 radical (unpaired) electrons. The number of pyridine rings is 1. The van der Waals surface area contributed by atoms with E-state index in [-0.39, 0.29) is 18.2 Å². The minimum absolute atomic E-state index is 0.176. The molecule has 31 heavy (non-hydrogen) atoms. The lowest BCUT2D eigenvalue weighted by molar-refractivity contribution is 0.0305. The summed E-state index contributed by atoms with van der Waals surface area (Å²) in [5.74, 6) is 3.87. The second-order valence-corrected chi connectivity index (χ2v) is 9.07. The molecule has 1 aliphatic carbocycles. The van der Waals surface area contributed by atoms with Crippen LogP contribution < -0.4 is 15.1 Å². The molecule has 0 spiro atoms. The zero-order valence-corrected chi connectivity index (χ0v) is 18.1. The number of ether oxygens (including phenoxy) is 1. The molecule has 0 amide bonds. The standard InChI is InChI=1S/C23H32N6O2/c1-31-20-13-17-15-29(14-16(17)12-19(20)26-21-4-2-3-8-24-21)23-25-9-5-22(27-23)28-10-6-18(30)7-11-28/h2-5,8-9,16-20,30H,6-7,10-15H2,1H3,(H,24,26)/t16-,17+,19-,20-/m1/s1. The summed E-state index contributed by atoms with van der Waals surface area (Å²) in [7, 11) is 1.81. The van der Waals surface area contributed by atoms with Crippen molar-refractivity contribution in [3.63, 3.8) is 0 Å². The van der Waals surface area contributed by atoms with Crippen molar-refractivity contribution < 1.29 is 9.84 Å². The Balaban J connectivity index is 1.26. The van der Waals surface area contributed by atoms with Crippen molar-refractivity contribution in [1.82, 2.24) is 15.0 Å². The lowest BCUT2D eigenvalue weighted by Gasteiger charge is -2.37. The lowest BCUT2D eigenvalue weighted by atomic mass is 9.77. The van der Waals surface area contributed by atoms with E-state index in [1.54, 1.807) is 0 Å². The molecule has 2 aliphatic heterocycles. The van der Waals surface area contributed by atoms with E-state index in [9.17, 15) is 5.11 Å². The van der Waals surface area contributed by atoms with Crippen LogP contribution in [0.5, 0.6) is 0 Å². The molecule has 2 N–H and O–H groups in total. The minimum Gasteiger partial charge on any atom is -0.393 e. The molecule has 0 bridgehead atoms. The van der Waals surface area contributed by atoms with Gasteiger partial charge in [-0.15, -0.1) is 0 Å². The third-order valence-electron chi connectivity index (χ3n) is 7.12. The molecule has 0 unspecified atom stereocenters. The van der Waals surface area contributed by atoms with Gasteiger partial charge in [0.1, 0.15) is 11.6 Å². The summed E-state index contributed by atoms with van der Waals surface area (Å²) in [6, 6.07) is 8.20. The Labute approximate surface area is 183 Å². The molecule has 4 atom stereocenters. The highest BCUT2D eigenvalue weighted by atomic mass is 16.5. The molecule has 8 heteroatoms. The Morgan fingerprint density at radius 3 is 2.55 bits per heavy atom. The number of hydrogen-bond acceptors (Lipinski definition) is 8. The van der Waals surface area contributed by atoms with Gasteiger partial charge >= 0.3 is 0 Å². The molecule has 0 aromatic carbocycles. The Kier molecular flexibility index (Phi) is 5.91. The van der Waals surface area contributed by atoms with Crippen molar-refractivity contribution >= 4 is 17.6 Å². The van der Waals surface area contributed by atoms with Crippen LogP contribution in [-0.2, 0) is 4.74 Å². The Morgan fingerprint density at radius 1 is 1.00 bits per heavy atom. The maximum atomic E-state index is 9.79. The van der Waals surface area contributed by atoms with E-state index in [4.69, 9.17) is 9.72 Å². The van der Waals surface area contributed by atoms with Gasteiger partial charge in [-0.25, -0.2) is 9.97 Å². The van der Waals surface area contributed by atoms with Gasteiger partial charge < -0.3 is 25.0 Å². The third kappa shape index (κ3) is 4.45. The topological polar surface area (TPSA) is 86.6 Å². The number of fused-ring (bicyclic) bond motifs is 1. The van der Waals surface area contributed by atoms with Crippen LogP contribution in [0.3, 0.4) is 0 Å². The van der Waals surface area contributed by atoms with E-state index >= 15 is 0 Å². The Hall–Kier alpha value is -2.45. The first kappa shape index (κ1) is 20.5. The SMILES string of the molecule is CO[C@@H]1C[C@H]2CN(c3nccc(N4CCC(O)CC4)n3)C[C@H]2C[C@H]1Nc1ccccn1. The van der Waals surface area contributed by atoms with Crippen molar-refractivity contribution in [3.8, 4) is 0 Å². The first-order valence-electron chi connectivity index (χ1n) is 11.4. The molecule has 4 heterocycles. The number of aromatic nitrogens is 3. The van der Waals surface area contributed by atoms with Gasteiger partial charge in [0.2, 0.25) is 5.95 Å². The van der Waals surface area contributed by atoms with E-state index < -0.39 is 0 Å². The summed E-state index contributed by atoms with van der Waals surface area (Å²) in [4.78, 5) is 18.5. The molecule has 3 fully saturated rings. The predicted molar refractivity (Wildman–Crippen MR) is 120 cm³/mol. The van der Waals surface area contributed by atoms with Gasteiger partial charge in [0, 0.05) is 45.7 Å². The molecule has 166 valence electrons. The van der Waals surface area contributed by atoms with Crippen molar-refractivity contribution in [2.24, 2.45) is 11.8 Å².